The van der Waals surface area contributed by atoms with Crippen LogP contribution in [0.1, 0.15) is 23.3 Å². The number of para-hydroxylation sites is 1. The van der Waals surface area contributed by atoms with Gasteiger partial charge in [0.15, 0.2) is 12.5 Å². The molecule has 0 fully saturated rings. The molecule has 0 amide bonds. The summed E-state index contributed by atoms with van der Waals surface area (Å²) in [5.74, 6) is 1.34. The highest BCUT2D eigenvalue weighted by atomic mass is 16.5. The molecule has 0 saturated carbocycles. The summed E-state index contributed by atoms with van der Waals surface area (Å²) in [6, 6.07) is 8.25. The Morgan fingerprint density at radius 1 is 1.24 bits per heavy atom. The van der Waals surface area contributed by atoms with Crippen molar-refractivity contribution in [3.63, 3.8) is 0 Å². The van der Waals surface area contributed by atoms with Crippen molar-refractivity contribution in [2.24, 2.45) is 0 Å². The normalized spacial score (nSPS) is 16.5. The van der Waals surface area contributed by atoms with Gasteiger partial charge in [-0.3, -0.25) is 0 Å². The van der Waals surface area contributed by atoms with Crippen molar-refractivity contribution < 1.29 is 13.6 Å². The molecule has 0 saturated heterocycles. The van der Waals surface area contributed by atoms with Crippen LogP contribution in [0.4, 0.5) is 6.01 Å². The summed E-state index contributed by atoms with van der Waals surface area (Å²) in [5, 5.41) is 11.0. The van der Waals surface area contributed by atoms with Gasteiger partial charge in [-0.25, -0.2) is 4.98 Å². The number of hydrogen-bond acceptors (Lipinski definition) is 7. The smallest absolute Gasteiger partial charge is 0.315 e. The predicted molar refractivity (Wildman–Crippen MR) is 71.6 cm³/mol. The standard InChI is InChI=1S/C14H12N4O3/c1-2-4-11-9(3-1)5-12(20-11)13-17-18-14(21-13)15-6-10-7-19-8-16-10/h1-4,7-8,12H,5-6H2,(H,15,18)/t12-/m0/s1. The van der Waals surface area contributed by atoms with Crippen molar-refractivity contribution in [2.75, 3.05) is 5.32 Å². The molecule has 2 aromatic heterocycles. The Morgan fingerprint density at radius 2 is 2.19 bits per heavy atom. The number of ether oxygens (including phenoxy) is 1. The van der Waals surface area contributed by atoms with E-state index in [1.54, 1.807) is 6.26 Å². The largest absolute Gasteiger partial charge is 0.480 e. The van der Waals surface area contributed by atoms with E-state index < -0.39 is 0 Å². The van der Waals surface area contributed by atoms with Crippen molar-refractivity contribution in [2.45, 2.75) is 19.1 Å². The molecule has 0 radical (unpaired) electrons. The van der Waals surface area contributed by atoms with Crippen LogP contribution in [0, 0.1) is 0 Å². The zero-order chi connectivity index (χ0) is 14.1. The van der Waals surface area contributed by atoms with Gasteiger partial charge in [0.1, 0.15) is 12.0 Å². The molecular formula is C14H12N4O3. The van der Waals surface area contributed by atoms with Crippen LogP contribution in [0.15, 0.2) is 45.8 Å². The summed E-state index contributed by atoms with van der Waals surface area (Å²) in [4.78, 5) is 4.00. The van der Waals surface area contributed by atoms with Gasteiger partial charge in [-0.1, -0.05) is 23.3 Å². The van der Waals surface area contributed by atoms with Crippen LogP contribution in [0.5, 0.6) is 5.75 Å². The van der Waals surface area contributed by atoms with Crippen molar-refractivity contribution >= 4 is 6.01 Å². The van der Waals surface area contributed by atoms with Crippen LogP contribution in [0.25, 0.3) is 0 Å². The average molecular weight is 284 g/mol. The van der Waals surface area contributed by atoms with Gasteiger partial charge >= 0.3 is 6.01 Å². The number of hydrogen-bond donors (Lipinski definition) is 1. The molecule has 0 spiro atoms. The fraction of sp³-hybridized carbons (Fsp3) is 0.214. The van der Waals surface area contributed by atoms with E-state index in [9.17, 15) is 0 Å². The molecule has 7 heteroatoms. The zero-order valence-electron chi connectivity index (χ0n) is 11.0. The number of nitrogens with one attached hydrogen (secondary N) is 1. The van der Waals surface area contributed by atoms with Crippen LogP contribution < -0.4 is 10.1 Å². The summed E-state index contributed by atoms with van der Waals surface area (Å²) >= 11 is 0. The number of nitrogens with zero attached hydrogens (tertiary/aromatic N) is 3. The molecule has 0 bridgehead atoms. The van der Waals surface area contributed by atoms with Crippen LogP contribution in [0.2, 0.25) is 0 Å². The number of rotatable bonds is 4. The van der Waals surface area contributed by atoms with Crippen molar-refractivity contribution in [3.05, 3.63) is 54.1 Å². The van der Waals surface area contributed by atoms with E-state index in [0.717, 1.165) is 23.4 Å². The monoisotopic (exact) mass is 284 g/mol. The van der Waals surface area contributed by atoms with Gasteiger partial charge in [0.2, 0.25) is 0 Å². The van der Waals surface area contributed by atoms with E-state index in [-0.39, 0.29) is 6.10 Å². The number of fused-ring (bicyclic) bond motifs is 1. The zero-order valence-corrected chi connectivity index (χ0v) is 11.0. The molecule has 1 aliphatic heterocycles. The van der Waals surface area contributed by atoms with Crippen molar-refractivity contribution in [1.29, 1.82) is 0 Å². The first-order valence-electron chi connectivity index (χ1n) is 6.57. The highest BCUT2D eigenvalue weighted by Gasteiger charge is 2.28. The molecule has 7 nitrogen and oxygen atoms in total. The van der Waals surface area contributed by atoms with Gasteiger partial charge in [-0.2, -0.15) is 0 Å². The quantitative estimate of drug-likeness (QED) is 0.786. The lowest BCUT2D eigenvalue weighted by Gasteiger charge is -2.04. The molecule has 4 rings (SSSR count). The van der Waals surface area contributed by atoms with Crippen molar-refractivity contribution in [3.8, 4) is 5.75 Å². The first kappa shape index (κ1) is 12.0. The molecule has 106 valence electrons. The molecular weight excluding hydrogens is 272 g/mol. The van der Waals surface area contributed by atoms with E-state index in [1.165, 1.54) is 6.39 Å². The summed E-state index contributed by atoms with van der Waals surface area (Å²) in [6.45, 7) is 0.462. The molecule has 0 unspecified atom stereocenters. The summed E-state index contributed by atoms with van der Waals surface area (Å²) in [6.07, 6.45) is 3.44. The van der Waals surface area contributed by atoms with E-state index in [2.05, 4.69) is 20.5 Å². The van der Waals surface area contributed by atoms with E-state index in [1.807, 2.05) is 24.3 Å². The highest BCUT2D eigenvalue weighted by Crippen LogP contribution is 2.35. The Bertz CT molecular complexity index is 713. The Hall–Kier alpha value is -2.83. The van der Waals surface area contributed by atoms with E-state index in [4.69, 9.17) is 13.6 Å². The van der Waals surface area contributed by atoms with Crippen LogP contribution >= 0.6 is 0 Å². The van der Waals surface area contributed by atoms with Crippen molar-refractivity contribution in [1.82, 2.24) is 15.2 Å². The third-order valence-corrected chi connectivity index (χ3v) is 3.27. The van der Waals surface area contributed by atoms with Gasteiger partial charge in [0.05, 0.1) is 12.2 Å². The average Bonchev–Trinajstić information content (AvgIpc) is 3.24. The maximum atomic E-state index is 5.81. The first-order chi connectivity index (χ1) is 10.4. The Balaban J connectivity index is 1.44. The van der Waals surface area contributed by atoms with Gasteiger partial charge in [-0.15, -0.1) is 5.10 Å². The first-order valence-corrected chi connectivity index (χ1v) is 6.57. The van der Waals surface area contributed by atoms with E-state index >= 15 is 0 Å². The van der Waals surface area contributed by atoms with E-state index in [0.29, 0.717) is 18.5 Å². The molecule has 1 atom stereocenters. The van der Waals surface area contributed by atoms with Crippen LogP contribution in [-0.4, -0.2) is 15.2 Å². The molecule has 0 aliphatic carbocycles. The number of benzene rings is 1. The molecule has 3 aromatic rings. The minimum absolute atomic E-state index is 0.225. The second kappa shape index (κ2) is 4.93. The minimum atomic E-state index is -0.225. The lowest BCUT2D eigenvalue weighted by atomic mass is 10.1. The predicted octanol–water partition coefficient (Wildman–Crippen LogP) is 2.35. The molecule has 3 heterocycles. The summed E-state index contributed by atoms with van der Waals surface area (Å²) in [7, 11) is 0. The highest BCUT2D eigenvalue weighted by molar-refractivity contribution is 5.38. The SMILES string of the molecule is c1ccc2c(c1)C[C@@H](c1nnc(NCc3cocn3)o1)O2. The third kappa shape index (κ3) is 2.33. The van der Waals surface area contributed by atoms with Gasteiger partial charge in [-0.05, 0) is 11.6 Å². The fourth-order valence-electron chi connectivity index (χ4n) is 2.25. The second-order valence-corrected chi connectivity index (χ2v) is 4.70. The number of aromatic nitrogens is 3. The Kier molecular flexibility index (Phi) is 2.81. The number of oxazole rings is 1. The number of anilines is 1. The minimum Gasteiger partial charge on any atom is -0.480 e. The lowest BCUT2D eigenvalue weighted by Crippen LogP contribution is -2.03. The fourth-order valence-corrected chi connectivity index (χ4v) is 2.25. The maximum Gasteiger partial charge on any atom is 0.315 e. The Morgan fingerprint density at radius 3 is 3.05 bits per heavy atom. The molecule has 21 heavy (non-hydrogen) atoms. The second-order valence-electron chi connectivity index (χ2n) is 4.70. The van der Waals surface area contributed by atoms with Gasteiger partial charge in [0.25, 0.3) is 5.89 Å². The van der Waals surface area contributed by atoms with Gasteiger partial charge in [0, 0.05) is 6.42 Å². The molecule has 1 aromatic carbocycles. The third-order valence-electron chi connectivity index (χ3n) is 3.27. The summed E-state index contributed by atoms with van der Waals surface area (Å²) in [5.41, 5.74) is 1.91. The van der Waals surface area contributed by atoms with Gasteiger partial charge < -0.3 is 18.9 Å². The molecule has 1 N–H and O–H groups in total. The molecule has 1 aliphatic rings. The summed E-state index contributed by atoms with van der Waals surface area (Å²) < 4.78 is 16.3. The Labute approximate surface area is 120 Å². The van der Waals surface area contributed by atoms with Crippen LogP contribution in [-0.2, 0) is 13.0 Å². The van der Waals surface area contributed by atoms with Crippen LogP contribution in [0.3, 0.4) is 0 Å². The topological polar surface area (TPSA) is 86.2 Å². The lowest BCUT2D eigenvalue weighted by molar-refractivity contribution is 0.199. The maximum absolute atomic E-state index is 5.81.